The van der Waals surface area contributed by atoms with Crippen molar-refractivity contribution in [2.24, 2.45) is 0 Å². The van der Waals surface area contributed by atoms with E-state index in [1.807, 2.05) is 0 Å². The van der Waals surface area contributed by atoms with Crippen molar-refractivity contribution in [3.63, 3.8) is 0 Å². The average molecular weight is 244 g/mol. The number of nitrogens with zero attached hydrogens (tertiary/aromatic N) is 1. The van der Waals surface area contributed by atoms with Gasteiger partial charge in [0.2, 0.25) is 0 Å². The summed E-state index contributed by atoms with van der Waals surface area (Å²) >= 11 is 5.78. The molecule has 0 amide bonds. The third kappa shape index (κ3) is 2.51. The highest BCUT2D eigenvalue weighted by Gasteiger charge is 2.38. The van der Waals surface area contributed by atoms with Crippen molar-refractivity contribution in [3.8, 4) is 0 Å². The summed E-state index contributed by atoms with van der Waals surface area (Å²) in [5.41, 5.74) is -0.153. The molecule has 0 aliphatic carbocycles. The molecule has 0 fully saturated rings. The first-order chi connectivity index (χ1) is 7.39. The van der Waals surface area contributed by atoms with E-state index in [9.17, 15) is 4.79 Å². The summed E-state index contributed by atoms with van der Waals surface area (Å²) in [4.78, 5) is 15.2. The van der Waals surface area contributed by atoms with E-state index >= 15 is 0 Å². The van der Waals surface area contributed by atoms with Crippen LogP contribution in [0.5, 0.6) is 0 Å². The molecule has 0 spiro atoms. The highest BCUT2D eigenvalue weighted by atomic mass is 35.5. The molecule has 0 aliphatic heterocycles. The molecule has 16 heavy (non-hydrogen) atoms. The molecule has 0 saturated carbocycles. The molecule has 4 nitrogen and oxygen atoms in total. The lowest BCUT2D eigenvalue weighted by molar-refractivity contribution is -0.152. The van der Waals surface area contributed by atoms with Crippen LogP contribution in [0.25, 0.3) is 0 Å². The van der Waals surface area contributed by atoms with Crippen LogP contribution in [0.15, 0.2) is 18.2 Å². The normalized spacial score (nSPS) is 13.5. The summed E-state index contributed by atoms with van der Waals surface area (Å²) in [6, 6.07) is 5.12. The maximum absolute atomic E-state index is 11.0. The molecule has 1 heterocycles. The lowest BCUT2D eigenvalue weighted by Crippen LogP contribution is -2.42. The molecule has 5 heteroatoms. The summed E-state index contributed by atoms with van der Waals surface area (Å²) in [6.45, 7) is 3.52. The number of pyridine rings is 1. The highest BCUT2D eigenvalue weighted by Crippen LogP contribution is 2.28. The van der Waals surface area contributed by atoms with E-state index < -0.39 is 17.5 Å². The Kier molecular flexibility index (Phi) is 3.88. The topological polar surface area (TPSA) is 59.4 Å². The standard InChI is InChI=1S/C11H14ClNO3/c1-11(2,9(16-3)10(14)15)7-5-4-6-8(12)13-7/h4-6,9H,1-3H3,(H,14,15). The molecule has 1 N–H and O–H groups in total. The molecule has 1 aromatic heterocycles. The fraction of sp³-hybridized carbons (Fsp3) is 0.455. The Bertz CT molecular complexity index is 393. The van der Waals surface area contributed by atoms with Gasteiger partial charge in [-0.1, -0.05) is 31.5 Å². The zero-order chi connectivity index (χ0) is 12.3. The van der Waals surface area contributed by atoms with Gasteiger partial charge < -0.3 is 9.84 Å². The molecule has 0 aromatic carbocycles. The number of hydrogen-bond acceptors (Lipinski definition) is 3. The smallest absolute Gasteiger partial charge is 0.333 e. The molecule has 0 radical (unpaired) electrons. The molecule has 1 aromatic rings. The van der Waals surface area contributed by atoms with Gasteiger partial charge in [0.15, 0.2) is 6.10 Å². The van der Waals surface area contributed by atoms with Crippen LogP contribution >= 0.6 is 11.6 Å². The van der Waals surface area contributed by atoms with E-state index in [2.05, 4.69) is 4.98 Å². The number of rotatable bonds is 4. The zero-order valence-corrected chi connectivity index (χ0v) is 10.2. The number of halogens is 1. The molecular formula is C11H14ClNO3. The molecule has 1 unspecified atom stereocenters. The maximum atomic E-state index is 11.0. The minimum Gasteiger partial charge on any atom is -0.479 e. The van der Waals surface area contributed by atoms with Gasteiger partial charge in [0, 0.05) is 12.5 Å². The van der Waals surface area contributed by atoms with Crippen LogP contribution in [0.3, 0.4) is 0 Å². The molecular weight excluding hydrogens is 230 g/mol. The van der Waals surface area contributed by atoms with Gasteiger partial charge in [0.1, 0.15) is 5.15 Å². The highest BCUT2D eigenvalue weighted by molar-refractivity contribution is 6.29. The Hall–Kier alpha value is -1.13. The van der Waals surface area contributed by atoms with Crippen LogP contribution in [0, 0.1) is 0 Å². The van der Waals surface area contributed by atoms with Crippen LogP contribution in [-0.4, -0.2) is 29.3 Å². The number of aliphatic carboxylic acids is 1. The summed E-state index contributed by atoms with van der Waals surface area (Å²) in [7, 11) is 1.37. The minimum absolute atomic E-state index is 0.339. The Balaban J connectivity index is 3.13. The molecule has 0 aliphatic rings. The van der Waals surface area contributed by atoms with Crippen LogP contribution in [-0.2, 0) is 14.9 Å². The van der Waals surface area contributed by atoms with Crippen molar-refractivity contribution >= 4 is 17.6 Å². The van der Waals surface area contributed by atoms with Crippen LogP contribution < -0.4 is 0 Å². The van der Waals surface area contributed by atoms with Crippen LogP contribution in [0.1, 0.15) is 19.5 Å². The first kappa shape index (κ1) is 12.9. The summed E-state index contributed by atoms with van der Waals surface area (Å²) in [5.74, 6) is -1.02. The van der Waals surface area contributed by atoms with Crippen molar-refractivity contribution in [3.05, 3.63) is 29.0 Å². The quantitative estimate of drug-likeness (QED) is 0.823. The molecule has 0 saturated heterocycles. The predicted molar refractivity (Wildman–Crippen MR) is 60.7 cm³/mol. The summed E-state index contributed by atoms with van der Waals surface area (Å²) in [5, 5.41) is 9.39. The Labute approximate surface area is 99.2 Å². The molecule has 1 rings (SSSR count). The van der Waals surface area contributed by atoms with E-state index in [1.54, 1.807) is 32.0 Å². The first-order valence-corrected chi connectivity index (χ1v) is 5.16. The molecule has 1 atom stereocenters. The SMILES string of the molecule is COC(C(=O)O)C(C)(C)c1cccc(Cl)n1. The fourth-order valence-corrected chi connectivity index (χ4v) is 1.77. The van der Waals surface area contributed by atoms with E-state index in [0.717, 1.165) is 0 Å². The number of carbonyl (C=O) groups is 1. The lowest BCUT2D eigenvalue weighted by Gasteiger charge is -2.29. The third-order valence-electron chi connectivity index (χ3n) is 2.49. The summed E-state index contributed by atoms with van der Waals surface area (Å²) in [6.07, 6.45) is -0.960. The van der Waals surface area contributed by atoms with E-state index in [1.165, 1.54) is 7.11 Å². The van der Waals surface area contributed by atoms with Gasteiger partial charge in [0.05, 0.1) is 5.69 Å². The van der Waals surface area contributed by atoms with Crippen LogP contribution in [0.4, 0.5) is 0 Å². The van der Waals surface area contributed by atoms with Gasteiger partial charge in [-0.05, 0) is 12.1 Å². The Morgan fingerprint density at radius 1 is 1.56 bits per heavy atom. The van der Waals surface area contributed by atoms with Crippen molar-refractivity contribution in [1.82, 2.24) is 4.98 Å². The number of ether oxygens (including phenoxy) is 1. The number of hydrogen-bond donors (Lipinski definition) is 1. The molecule has 0 bridgehead atoms. The largest absolute Gasteiger partial charge is 0.479 e. The first-order valence-electron chi connectivity index (χ1n) is 4.78. The second kappa shape index (κ2) is 4.80. The van der Waals surface area contributed by atoms with Crippen molar-refractivity contribution in [2.45, 2.75) is 25.4 Å². The monoisotopic (exact) mass is 243 g/mol. The minimum atomic E-state index is -1.02. The van der Waals surface area contributed by atoms with E-state index in [-0.39, 0.29) is 0 Å². The average Bonchev–Trinajstić information content (AvgIpc) is 2.17. The van der Waals surface area contributed by atoms with Gasteiger partial charge in [-0.15, -0.1) is 0 Å². The van der Waals surface area contributed by atoms with Crippen molar-refractivity contribution < 1.29 is 14.6 Å². The Morgan fingerprint density at radius 3 is 2.62 bits per heavy atom. The fourth-order valence-electron chi connectivity index (χ4n) is 1.61. The van der Waals surface area contributed by atoms with Gasteiger partial charge >= 0.3 is 5.97 Å². The number of methoxy groups -OCH3 is 1. The number of carboxylic acid groups (broad SMARTS) is 1. The van der Waals surface area contributed by atoms with Crippen LogP contribution in [0.2, 0.25) is 5.15 Å². The Morgan fingerprint density at radius 2 is 2.19 bits per heavy atom. The lowest BCUT2D eigenvalue weighted by atomic mass is 9.82. The third-order valence-corrected chi connectivity index (χ3v) is 2.70. The number of aromatic nitrogens is 1. The van der Waals surface area contributed by atoms with Gasteiger partial charge in [-0.3, -0.25) is 0 Å². The van der Waals surface area contributed by atoms with Crippen molar-refractivity contribution in [1.29, 1.82) is 0 Å². The zero-order valence-electron chi connectivity index (χ0n) is 9.40. The van der Waals surface area contributed by atoms with Gasteiger partial charge in [-0.2, -0.15) is 0 Å². The van der Waals surface area contributed by atoms with E-state index in [4.69, 9.17) is 21.4 Å². The number of carboxylic acids is 1. The van der Waals surface area contributed by atoms with E-state index in [0.29, 0.717) is 10.8 Å². The van der Waals surface area contributed by atoms with Gasteiger partial charge in [-0.25, -0.2) is 9.78 Å². The maximum Gasteiger partial charge on any atom is 0.333 e. The second-order valence-electron chi connectivity index (χ2n) is 4.02. The predicted octanol–water partition coefficient (Wildman–Crippen LogP) is 2.11. The molecule has 88 valence electrons. The van der Waals surface area contributed by atoms with Gasteiger partial charge in [0.25, 0.3) is 0 Å². The second-order valence-corrected chi connectivity index (χ2v) is 4.41. The van der Waals surface area contributed by atoms with Crippen molar-refractivity contribution in [2.75, 3.05) is 7.11 Å². The summed E-state index contributed by atoms with van der Waals surface area (Å²) < 4.78 is 4.99.